The molecule has 2 heterocycles. The number of amides is 1. The van der Waals surface area contributed by atoms with Crippen molar-refractivity contribution in [3.05, 3.63) is 41.4 Å². The van der Waals surface area contributed by atoms with Crippen molar-refractivity contribution in [3.63, 3.8) is 0 Å². The van der Waals surface area contributed by atoms with Crippen LogP contribution in [0.5, 0.6) is 0 Å². The third kappa shape index (κ3) is 1.94. The van der Waals surface area contributed by atoms with Gasteiger partial charge in [-0.2, -0.15) is 4.37 Å². The summed E-state index contributed by atoms with van der Waals surface area (Å²) in [6.45, 7) is 0.500. The van der Waals surface area contributed by atoms with Crippen LogP contribution in [0.15, 0.2) is 35.7 Å². The molecule has 0 N–H and O–H groups in total. The van der Waals surface area contributed by atoms with Gasteiger partial charge in [-0.25, -0.2) is 0 Å². The first-order valence-corrected chi connectivity index (χ1v) is 6.78. The number of fused-ring (bicyclic) bond motifs is 1. The molecule has 5 nitrogen and oxygen atoms in total. The topological polar surface area (TPSA) is 39.7 Å². The largest absolute Gasteiger partial charge is 0.321 e. The van der Waals surface area contributed by atoms with Crippen LogP contribution in [-0.4, -0.2) is 35.9 Å². The third-order valence-corrected chi connectivity index (χ3v) is 3.83. The Kier molecular flexibility index (Phi) is 2.87. The van der Waals surface area contributed by atoms with E-state index in [2.05, 4.69) is 9.38 Å². The summed E-state index contributed by atoms with van der Waals surface area (Å²) in [4.78, 5) is 13.9. The van der Waals surface area contributed by atoms with E-state index in [0.29, 0.717) is 12.4 Å². The van der Waals surface area contributed by atoms with Crippen LogP contribution in [0.1, 0.15) is 10.5 Å². The van der Waals surface area contributed by atoms with E-state index in [-0.39, 0.29) is 5.91 Å². The van der Waals surface area contributed by atoms with Crippen LogP contribution in [0.3, 0.4) is 0 Å². The predicted octanol–water partition coefficient (Wildman–Crippen LogP) is 2.04. The van der Waals surface area contributed by atoms with Crippen molar-refractivity contribution < 1.29 is 4.79 Å². The molecule has 0 aliphatic carbocycles. The van der Waals surface area contributed by atoms with Crippen LogP contribution in [0, 0.1) is 0 Å². The number of benzene rings is 1. The molecular formula is C13H14N4OS. The minimum Gasteiger partial charge on any atom is -0.321 e. The second kappa shape index (κ2) is 4.55. The molecule has 1 amide bonds. The quantitative estimate of drug-likeness (QED) is 0.798. The molecule has 1 aliphatic rings. The van der Waals surface area contributed by atoms with Gasteiger partial charge in [0.05, 0.1) is 5.69 Å². The summed E-state index contributed by atoms with van der Waals surface area (Å²) in [6, 6.07) is 10.0. The fourth-order valence-electron chi connectivity index (χ4n) is 2.14. The minimum absolute atomic E-state index is 0.0402. The highest BCUT2D eigenvalue weighted by Crippen LogP contribution is 2.29. The number of para-hydroxylation sites is 1. The number of hydrazine groups is 1. The van der Waals surface area contributed by atoms with Crippen molar-refractivity contribution in [1.29, 1.82) is 0 Å². The van der Waals surface area contributed by atoms with E-state index in [1.54, 1.807) is 11.9 Å². The molecule has 0 unspecified atom stereocenters. The van der Waals surface area contributed by atoms with Gasteiger partial charge in [0, 0.05) is 19.5 Å². The third-order valence-electron chi connectivity index (χ3n) is 3.21. The molecule has 0 spiro atoms. The Morgan fingerprint density at radius 2 is 1.95 bits per heavy atom. The maximum atomic E-state index is 12.2. The zero-order valence-electron chi connectivity index (χ0n) is 10.8. The average molecular weight is 274 g/mol. The maximum absolute atomic E-state index is 12.2. The molecule has 3 rings (SSSR count). The number of carbonyl (C=O) groups excluding carboxylic acids is 1. The second-order valence-electron chi connectivity index (χ2n) is 4.45. The first-order chi connectivity index (χ1) is 9.18. The predicted molar refractivity (Wildman–Crippen MR) is 76.4 cm³/mol. The SMILES string of the molecule is CN1CN(c2ccccc2)N(C)c2csnc2C1=O. The molecule has 0 radical (unpaired) electrons. The Morgan fingerprint density at radius 3 is 2.68 bits per heavy atom. The Morgan fingerprint density at radius 1 is 1.21 bits per heavy atom. The summed E-state index contributed by atoms with van der Waals surface area (Å²) in [5, 5.41) is 5.94. The standard InChI is InChI=1S/C13H14N4OS/c1-15-9-17(10-6-4-3-5-7-10)16(2)11-8-19-14-12(11)13(15)18/h3-8H,9H2,1-2H3. The molecule has 0 saturated carbocycles. The zero-order chi connectivity index (χ0) is 13.4. The molecule has 6 heteroatoms. The molecule has 0 bridgehead atoms. The number of carbonyl (C=O) groups is 1. The molecule has 0 saturated heterocycles. The molecule has 98 valence electrons. The van der Waals surface area contributed by atoms with E-state index in [4.69, 9.17) is 0 Å². The highest BCUT2D eigenvalue weighted by Gasteiger charge is 2.29. The lowest BCUT2D eigenvalue weighted by Gasteiger charge is -2.34. The van der Waals surface area contributed by atoms with Gasteiger partial charge in [0.15, 0.2) is 5.69 Å². The van der Waals surface area contributed by atoms with Gasteiger partial charge < -0.3 is 4.90 Å². The highest BCUT2D eigenvalue weighted by molar-refractivity contribution is 7.04. The second-order valence-corrected chi connectivity index (χ2v) is 5.08. The molecule has 1 aliphatic heterocycles. The number of nitrogens with zero attached hydrogens (tertiary/aromatic N) is 4. The maximum Gasteiger partial charge on any atom is 0.277 e. The molecular weight excluding hydrogens is 260 g/mol. The fourth-order valence-corrected chi connectivity index (χ4v) is 2.83. The number of rotatable bonds is 1. The van der Waals surface area contributed by atoms with Crippen molar-refractivity contribution in [2.24, 2.45) is 0 Å². The van der Waals surface area contributed by atoms with Crippen LogP contribution in [0.4, 0.5) is 11.4 Å². The number of hydrogen-bond acceptors (Lipinski definition) is 5. The van der Waals surface area contributed by atoms with Crippen molar-refractivity contribution in [2.75, 3.05) is 30.8 Å². The van der Waals surface area contributed by atoms with Crippen molar-refractivity contribution >= 4 is 28.8 Å². The fraction of sp³-hybridized carbons (Fsp3) is 0.231. The van der Waals surface area contributed by atoms with Crippen molar-refractivity contribution in [2.45, 2.75) is 0 Å². The smallest absolute Gasteiger partial charge is 0.277 e. The lowest BCUT2D eigenvalue weighted by molar-refractivity contribution is 0.0797. The van der Waals surface area contributed by atoms with Gasteiger partial charge in [-0.15, -0.1) is 0 Å². The van der Waals surface area contributed by atoms with Crippen LogP contribution in [0.25, 0.3) is 0 Å². The monoisotopic (exact) mass is 274 g/mol. The van der Waals surface area contributed by atoms with Gasteiger partial charge in [0.2, 0.25) is 0 Å². The summed E-state index contributed by atoms with van der Waals surface area (Å²) < 4.78 is 4.21. The number of aromatic nitrogens is 1. The first-order valence-electron chi connectivity index (χ1n) is 5.94. The van der Waals surface area contributed by atoms with Gasteiger partial charge in [-0.05, 0) is 23.7 Å². The number of hydrogen-bond donors (Lipinski definition) is 0. The van der Waals surface area contributed by atoms with Crippen LogP contribution >= 0.6 is 11.5 Å². The Balaban J connectivity index is 2.07. The van der Waals surface area contributed by atoms with Gasteiger partial charge in [-0.3, -0.25) is 14.8 Å². The first kappa shape index (κ1) is 12.0. The molecule has 0 atom stereocenters. The van der Waals surface area contributed by atoms with E-state index in [1.165, 1.54) is 11.5 Å². The van der Waals surface area contributed by atoms with Crippen molar-refractivity contribution in [1.82, 2.24) is 9.27 Å². The molecule has 1 aromatic heterocycles. The van der Waals surface area contributed by atoms with E-state index < -0.39 is 0 Å². The molecule has 2 aromatic rings. The summed E-state index contributed by atoms with van der Waals surface area (Å²) in [5.74, 6) is -0.0402. The Bertz CT molecular complexity index is 598. The summed E-state index contributed by atoms with van der Waals surface area (Å²) in [7, 11) is 3.74. The van der Waals surface area contributed by atoms with Crippen LogP contribution in [-0.2, 0) is 0 Å². The average Bonchev–Trinajstić information content (AvgIpc) is 2.90. The van der Waals surface area contributed by atoms with Crippen LogP contribution < -0.4 is 10.0 Å². The number of anilines is 2. The van der Waals surface area contributed by atoms with E-state index in [9.17, 15) is 4.79 Å². The van der Waals surface area contributed by atoms with Gasteiger partial charge in [-0.1, -0.05) is 18.2 Å². The van der Waals surface area contributed by atoms with Crippen LogP contribution in [0.2, 0.25) is 0 Å². The Labute approximate surface area is 115 Å². The molecule has 1 aromatic carbocycles. The summed E-state index contributed by atoms with van der Waals surface area (Å²) >= 11 is 1.31. The van der Waals surface area contributed by atoms with E-state index in [1.807, 2.05) is 47.8 Å². The van der Waals surface area contributed by atoms with Gasteiger partial charge in [0.1, 0.15) is 12.4 Å². The van der Waals surface area contributed by atoms with Gasteiger partial charge >= 0.3 is 0 Å². The molecule has 19 heavy (non-hydrogen) atoms. The highest BCUT2D eigenvalue weighted by atomic mass is 32.1. The lowest BCUT2D eigenvalue weighted by Crippen LogP contribution is -2.45. The minimum atomic E-state index is -0.0402. The van der Waals surface area contributed by atoms with Crippen molar-refractivity contribution in [3.8, 4) is 0 Å². The lowest BCUT2D eigenvalue weighted by atomic mass is 10.3. The van der Waals surface area contributed by atoms with E-state index in [0.717, 1.165) is 11.4 Å². The normalized spacial score (nSPS) is 15.5. The molecule has 0 fully saturated rings. The summed E-state index contributed by atoms with van der Waals surface area (Å²) in [5.41, 5.74) is 2.42. The Hall–Kier alpha value is -2.08. The van der Waals surface area contributed by atoms with E-state index >= 15 is 0 Å². The van der Waals surface area contributed by atoms with Gasteiger partial charge in [0.25, 0.3) is 5.91 Å². The summed E-state index contributed by atoms with van der Waals surface area (Å²) in [6.07, 6.45) is 0. The zero-order valence-corrected chi connectivity index (χ0v) is 11.6.